The van der Waals surface area contributed by atoms with E-state index in [1.807, 2.05) is 0 Å². The molecule has 1 aliphatic heterocycles. The SMILES string of the molecule is CC1=CCCS(C)(CCCC#N)CC1. The van der Waals surface area contributed by atoms with Crippen LogP contribution in [0.5, 0.6) is 0 Å². The minimum Gasteiger partial charge on any atom is -0.243 e. The molecule has 0 fully saturated rings. The van der Waals surface area contributed by atoms with Crippen molar-refractivity contribution >= 4 is 10.0 Å². The highest BCUT2D eigenvalue weighted by Gasteiger charge is 2.18. The summed E-state index contributed by atoms with van der Waals surface area (Å²) in [5, 5.41) is 8.53. The van der Waals surface area contributed by atoms with Crippen LogP contribution in [0.1, 0.15) is 32.6 Å². The second kappa shape index (κ2) is 5.46. The van der Waals surface area contributed by atoms with Crippen LogP contribution >= 0.6 is 10.0 Å². The molecule has 0 aromatic heterocycles. The van der Waals surface area contributed by atoms with Gasteiger partial charge in [-0.25, -0.2) is 10.0 Å². The quantitative estimate of drug-likeness (QED) is 0.518. The molecule has 1 heterocycles. The van der Waals surface area contributed by atoms with E-state index in [0.29, 0.717) is 0 Å². The summed E-state index contributed by atoms with van der Waals surface area (Å²) in [6, 6.07) is 2.25. The molecule has 0 radical (unpaired) electrons. The van der Waals surface area contributed by atoms with Gasteiger partial charge in [0, 0.05) is 6.42 Å². The lowest BCUT2D eigenvalue weighted by Gasteiger charge is -2.34. The summed E-state index contributed by atoms with van der Waals surface area (Å²) >= 11 is 0. The van der Waals surface area contributed by atoms with Gasteiger partial charge in [-0.1, -0.05) is 11.6 Å². The fraction of sp³-hybridized carbons (Fsp3) is 0.750. The third kappa shape index (κ3) is 3.75. The van der Waals surface area contributed by atoms with Gasteiger partial charge in [0.1, 0.15) is 0 Å². The molecule has 1 rings (SSSR count). The summed E-state index contributed by atoms with van der Waals surface area (Å²) in [5.74, 6) is 4.08. The Morgan fingerprint density at radius 1 is 1.50 bits per heavy atom. The molecule has 14 heavy (non-hydrogen) atoms. The van der Waals surface area contributed by atoms with E-state index in [1.165, 1.54) is 30.1 Å². The maximum absolute atomic E-state index is 8.53. The number of hydrogen-bond donors (Lipinski definition) is 0. The van der Waals surface area contributed by atoms with E-state index in [1.54, 1.807) is 5.57 Å². The first-order valence-electron chi connectivity index (χ1n) is 5.40. The van der Waals surface area contributed by atoms with Gasteiger partial charge < -0.3 is 0 Å². The van der Waals surface area contributed by atoms with Crippen LogP contribution in [0.3, 0.4) is 0 Å². The van der Waals surface area contributed by atoms with Crippen molar-refractivity contribution in [2.24, 2.45) is 0 Å². The lowest BCUT2D eigenvalue weighted by molar-refractivity contribution is 0.968. The summed E-state index contributed by atoms with van der Waals surface area (Å²) in [5.41, 5.74) is 1.57. The van der Waals surface area contributed by atoms with E-state index in [9.17, 15) is 0 Å². The first-order valence-corrected chi connectivity index (χ1v) is 7.95. The van der Waals surface area contributed by atoms with Gasteiger partial charge in [-0.15, -0.1) is 0 Å². The highest BCUT2D eigenvalue weighted by Crippen LogP contribution is 2.48. The summed E-state index contributed by atoms with van der Waals surface area (Å²) in [6.45, 7) is 2.25. The Bertz CT molecular complexity index is 252. The average molecular weight is 211 g/mol. The molecule has 0 saturated carbocycles. The first-order chi connectivity index (χ1) is 6.66. The van der Waals surface area contributed by atoms with E-state index in [2.05, 4.69) is 25.3 Å². The lowest BCUT2D eigenvalue weighted by atomic mass is 10.2. The molecule has 1 nitrogen and oxygen atoms in total. The zero-order valence-corrected chi connectivity index (χ0v) is 10.2. The van der Waals surface area contributed by atoms with Crippen LogP contribution < -0.4 is 0 Å². The minimum atomic E-state index is -0.385. The standard InChI is InChI=1S/C12H21NS/c1-12-6-5-10-14(2,11-7-12)9-4-3-8-13/h6H,3-5,7,9-11H2,1-2H3. The van der Waals surface area contributed by atoms with Crippen LogP contribution in [0, 0.1) is 11.3 Å². The second-order valence-corrected chi connectivity index (χ2v) is 8.62. The smallest absolute Gasteiger partial charge is 0.0622 e. The number of rotatable bonds is 3. The molecule has 1 aliphatic rings. The number of unbranched alkanes of at least 4 members (excludes halogenated alkanes) is 1. The molecule has 0 N–H and O–H groups in total. The van der Waals surface area contributed by atoms with Crippen molar-refractivity contribution in [3.63, 3.8) is 0 Å². The molecular formula is C12H21NS. The van der Waals surface area contributed by atoms with Crippen LogP contribution in [0.2, 0.25) is 0 Å². The van der Waals surface area contributed by atoms with Crippen molar-refractivity contribution in [1.82, 2.24) is 0 Å². The third-order valence-corrected chi connectivity index (χ3v) is 6.70. The Morgan fingerprint density at radius 2 is 2.29 bits per heavy atom. The Hall–Kier alpha value is -0.420. The number of nitrogens with zero attached hydrogens (tertiary/aromatic N) is 1. The average Bonchev–Trinajstić information content (AvgIpc) is 2.30. The van der Waals surface area contributed by atoms with E-state index < -0.39 is 0 Å². The van der Waals surface area contributed by atoms with Crippen LogP contribution in [0.25, 0.3) is 0 Å². The fourth-order valence-electron chi connectivity index (χ4n) is 1.91. The summed E-state index contributed by atoms with van der Waals surface area (Å²) < 4.78 is 0. The number of allylic oxidation sites excluding steroid dienone is 2. The highest BCUT2D eigenvalue weighted by molar-refractivity contribution is 8.33. The monoisotopic (exact) mass is 211 g/mol. The van der Waals surface area contributed by atoms with Crippen molar-refractivity contribution in [3.8, 4) is 6.07 Å². The van der Waals surface area contributed by atoms with Gasteiger partial charge in [0.25, 0.3) is 0 Å². The summed E-state index contributed by atoms with van der Waals surface area (Å²) in [4.78, 5) is 0. The maximum atomic E-state index is 8.53. The molecule has 1 atom stereocenters. The van der Waals surface area contributed by atoms with Crippen molar-refractivity contribution in [2.75, 3.05) is 23.5 Å². The Balaban J connectivity index is 2.39. The predicted molar refractivity (Wildman–Crippen MR) is 66.0 cm³/mol. The molecule has 0 aromatic carbocycles. The van der Waals surface area contributed by atoms with E-state index >= 15 is 0 Å². The second-order valence-electron chi connectivity index (χ2n) is 4.44. The van der Waals surface area contributed by atoms with Crippen molar-refractivity contribution < 1.29 is 0 Å². The van der Waals surface area contributed by atoms with Gasteiger partial charge in [0.15, 0.2) is 0 Å². The van der Waals surface area contributed by atoms with Gasteiger partial charge in [0.2, 0.25) is 0 Å². The lowest BCUT2D eigenvalue weighted by Crippen LogP contribution is -2.10. The molecule has 1 unspecified atom stereocenters. The molecule has 0 saturated heterocycles. The first kappa shape index (κ1) is 11.7. The van der Waals surface area contributed by atoms with Gasteiger partial charge in [0.05, 0.1) is 6.07 Å². The fourth-order valence-corrected chi connectivity index (χ4v) is 4.86. The molecule has 0 bridgehead atoms. The molecule has 2 heteroatoms. The third-order valence-electron chi connectivity index (χ3n) is 3.02. The van der Waals surface area contributed by atoms with Crippen molar-refractivity contribution in [1.29, 1.82) is 5.26 Å². The normalized spacial score (nSPS) is 32.2. The van der Waals surface area contributed by atoms with Gasteiger partial charge >= 0.3 is 0 Å². The van der Waals surface area contributed by atoms with E-state index in [0.717, 1.165) is 12.8 Å². The van der Waals surface area contributed by atoms with Crippen LogP contribution in [-0.2, 0) is 0 Å². The molecule has 0 spiro atoms. The number of nitriles is 1. The van der Waals surface area contributed by atoms with Crippen LogP contribution in [0.4, 0.5) is 0 Å². The maximum Gasteiger partial charge on any atom is 0.0622 e. The predicted octanol–water partition coefficient (Wildman–Crippen LogP) is 3.46. The Kier molecular flexibility index (Phi) is 4.54. The van der Waals surface area contributed by atoms with Crippen LogP contribution in [-0.4, -0.2) is 23.5 Å². The molecule has 0 aliphatic carbocycles. The minimum absolute atomic E-state index is 0.385. The molecule has 80 valence electrons. The van der Waals surface area contributed by atoms with Crippen LogP contribution in [0.15, 0.2) is 11.6 Å². The molecule has 0 amide bonds. The molecule has 0 aromatic rings. The van der Waals surface area contributed by atoms with Crippen molar-refractivity contribution in [3.05, 3.63) is 11.6 Å². The topological polar surface area (TPSA) is 23.8 Å². The zero-order valence-electron chi connectivity index (χ0n) is 9.38. The Morgan fingerprint density at radius 3 is 3.00 bits per heavy atom. The largest absolute Gasteiger partial charge is 0.243 e. The van der Waals surface area contributed by atoms with Gasteiger partial charge in [-0.3, -0.25) is 0 Å². The zero-order chi connectivity index (χ0) is 10.4. The Labute approximate surface area is 89.5 Å². The van der Waals surface area contributed by atoms with Crippen molar-refractivity contribution in [2.45, 2.75) is 32.6 Å². The number of hydrogen-bond acceptors (Lipinski definition) is 1. The van der Waals surface area contributed by atoms with Gasteiger partial charge in [-0.2, -0.15) is 5.26 Å². The summed E-state index contributed by atoms with van der Waals surface area (Å²) in [6.07, 6.45) is 9.29. The van der Waals surface area contributed by atoms with E-state index in [4.69, 9.17) is 5.26 Å². The highest BCUT2D eigenvalue weighted by atomic mass is 32.3. The summed E-state index contributed by atoms with van der Waals surface area (Å²) in [7, 11) is -0.385. The van der Waals surface area contributed by atoms with Gasteiger partial charge in [-0.05, 0) is 49.7 Å². The van der Waals surface area contributed by atoms with E-state index in [-0.39, 0.29) is 10.0 Å². The molecular weight excluding hydrogens is 190 g/mol.